The van der Waals surface area contributed by atoms with Crippen molar-refractivity contribution in [3.63, 3.8) is 0 Å². The minimum Gasteiger partial charge on any atom is -0.324 e. The number of carbonyl (C=O) groups is 2. The molecule has 0 aromatic heterocycles. The summed E-state index contributed by atoms with van der Waals surface area (Å²) in [4.78, 5) is 25.0. The molecule has 18 heavy (non-hydrogen) atoms. The number of amides is 2. The van der Waals surface area contributed by atoms with Gasteiger partial charge in [0.25, 0.3) is 5.91 Å². The third kappa shape index (κ3) is 2.35. The van der Waals surface area contributed by atoms with Gasteiger partial charge in [0.05, 0.1) is 12.1 Å². The Morgan fingerprint density at radius 2 is 2.06 bits per heavy atom. The molecule has 1 aliphatic rings. The second kappa shape index (κ2) is 5.17. The number of halogens is 1. The number of quaternary nitrogens is 1. The van der Waals surface area contributed by atoms with E-state index in [0.717, 1.165) is 4.90 Å². The summed E-state index contributed by atoms with van der Waals surface area (Å²) in [5, 5.41) is 10.6. The van der Waals surface area contributed by atoms with E-state index >= 15 is 0 Å². The fourth-order valence-corrected chi connectivity index (χ4v) is 2.02. The molecule has 1 aromatic carbocycles. The molecule has 1 aliphatic heterocycles. The van der Waals surface area contributed by atoms with E-state index < -0.39 is 6.04 Å². The van der Waals surface area contributed by atoms with Gasteiger partial charge in [0.2, 0.25) is 5.91 Å². The van der Waals surface area contributed by atoms with Gasteiger partial charge in [-0.25, -0.2) is 4.90 Å². The normalized spacial score (nSPS) is 19.1. The van der Waals surface area contributed by atoms with E-state index in [1.165, 1.54) is 0 Å². The maximum Gasteiger partial charge on any atom is 0.292 e. The molecule has 2 rings (SSSR count). The zero-order chi connectivity index (χ0) is 13.1. The highest BCUT2D eigenvalue weighted by Crippen LogP contribution is 2.23. The molecule has 0 unspecified atom stereocenters. The van der Waals surface area contributed by atoms with E-state index in [4.69, 9.17) is 16.9 Å². The molecule has 0 radical (unpaired) electrons. The van der Waals surface area contributed by atoms with Crippen molar-refractivity contribution < 1.29 is 14.9 Å². The number of carbonyl (C=O) groups excluding carboxylic acids is 2. The number of nitrogens with zero attached hydrogens (tertiary/aromatic N) is 2. The van der Waals surface area contributed by atoms with Crippen LogP contribution in [-0.4, -0.2) is 24.4 Å². The zero-order valence-electron chi connectivity index (χ0n) is 9.47. The Balaban J connectivity index is 2.19. The number of hydrogen-bond donors (Lipinski definition) is 1. The summed E-state index contributed by atoms with van der Waals surface area (Å²) in [6.07, 6.45) is 0.128. The van der Waals surface area contributed by atoms with E-state index in [-0.39, 0.29) is 24.8 Å². The predicted molar refractivity (Wildman–Crippen MR) is 64.8 cm³/mol. The second-order valence-corrected chi connectivity index (χ2v) is 4.39. The van der Waals surface area contributed by atoms with Gasteiger partial charge >= 0.3 is 0 Å². The monoisotopic (exact) mass is 264 g/mol. The van der Waals surface area contributed by atoms with Crippen molar-refractivity contribution in [3.8, 4) is 6.07 Å². The lowest BCUT2D eigenvalue weighted by atomic mass is 10.2. The summed E-state index contributed by atoms with van der Waals surface area (Å²) in [6.45, 7) is 0.165. The fraction of sp³-hybridized carbons (Fsp3) is 0.250. The number of rotatable bonds is 3. The minimum absolute atomic E-state index is 0.128. The predicted octanol–water partition coefficient (Wildman–Crippen LogP) is 0.0589. The summed E-state index contributed by atoms with van der Waals surface area (Å²) in [5.74, 6) is -0.529. The third-order valence-electron chi connectivity index (χ3n) is 2.76. The highest BCUT2D eigenvalue weighted by atomic mass is 35.5. The van der Waals surface area contributed by atoms with E-state index in [9.17, 15) is 9.59 Å². The summed E-state index contributed by atoms with van der Waals surface area (Å²) in [6, 6.07) is 7.96. The first kappa shape index (κ1) is 12.6. The van der Waals surface area contributed by atoms with E-state index in [1.807, 2.05) is 6.07 Å². The van der Waals surface area contributed by atoms with E-state index in [0.29, 0.717) is 10.7 Å². The van der Waals surface area contributed by atoms with Gasteiger partial charge in [-0.1, -0.05) is 11.6 Å². The lowest BCUT2D eigenvalue weighted by molar-refractivity contribution is -0.664. The molecule has 5 nitrogen and oxygen atoms in total. The number of nitriles is 1. The van der Waals surface area contributed by atoms with Crippen molar-refractivity contribution >= 4 is 29.1 Å². The SMILES string of the molecule is N#CC[NH2+][C@H]1CC(=O)N(c2ccc(Cl)cc2)C1=O. The van der Waals surface area contributed by atoms with Gasteiger partial charge in [0.15, 0.2) is 12.6 Å². The summed E-state index contributed by atoms with van der Waals surface area (Å²) in [5.41, 5.74) is 0.516. The summed E-state index contributed by atoms with van der Waals surface area (Å²) in [7, 11) is 0. The van der Waals surface area contributed by atoms with Gasteiger partial charge in [0.1, 0.15) is 6.07 Å². The van der Waals surface area contributed by atoms with E-state index in [2.05, 4.69) is 0 Å². The molecular weight excluding hydrogens is 254 g/mol. The molecule has 1 heterocycles. The van der Waals surface area contributed by atoms with Gasteiger partial charge in [-0.05, 0) is 24.3 Å². The van der Waals surface area contributed by atoms with Crippen LogP contribution in [0.1, 0.15) is 6.42 Å². The smallest absolute Gasteiger partial charge is 0.292 e. The summed E-state index contributed by atoms with van der Waals surface area (Å²) >= 11 is 5.76. The van der Waals surface area contributed by atoms with Crippen LogP contribution in [0.15, 0.2) is 24.3 Å². The average Bonchev–Trinajstić information content (AvgIpc) is 2.63. The maximum absolute atomic E-state index is 12.0. The van der Waals surface area contributed by atoms with Crippen LogP contribution in [0.4, 0.5) is 5.69 Å². The van der Waals surface area contributed by atoms with Crippen LogP contribution in [0, 0.1) is 11.3 Å². The Kier molecular flexibility index (Phi) is 3.60. The lowest BCUT2D eigenvalue weighted by Crippen LogP contribution is -2.91. The molecule has 0 bridgehead atoms. The Morgan fingerprint density at radius 1 is 1.39 bits per heavy atom. The van der Waals surface area contributed by atoms with Crippen LogP contribution in [0.2, 0.25) is 5.02 Å². The molecule has 2 N–H and O–H groups in total. The topological polar surface area (TPSA) is 77.8 Å². The van der Waals surface area contributed by atoms with Crippen molar-refractivity contribution in [1.82, 2.24) is 0 Å². The van der Waals surface area contributed by atoms with Crippen LogP contribution < -0.4 is 10.2 Å². The third-order valence-corrected chi connectivity index (χ3v) is 3.01. The Hall–Kier alpha value is -1.90. The molecule has 1 saturated heterocycles. The first-order valence-corrected chi connectivity index (χ1v) is 5.84. The van der Waals surface area contributed by atoms with Crippen LogP contribution in [0.3, 0.4) is 0 Å². The number of nitrogens with two attached hydrogens (primary N) is 1. The Bertz CT molecular complexity index is 521. The first-order chi connectivity index (χ1) is 8.63. The molecule has 1 fully saturated rings. The second-order valence-electron chi connectivity index (χ2n) is 3.95. The van der Waals surface area contributed by atoms with Gasteiger partial charge in [0, 0.05) is 5.02 Å². The Morgan fingerprint density at radius 3 is 2.67 bits per heavy atom. The highest BCUT2D eigenvalue weighted by Gasteiger charge is 2.41. The standard InChI is InChI=1S/C12H10ClN3O2/c13-8-1-3-9(4-2-8)16-11(17)7-10(12(16)18)15-6-5-14/h1-4,10,15H,6-7H2/p+1/t10-/m0/s1. The van der Waals surface area contributed by atoms with Crippen molar-refractivity contribution in [3.05, 3.63) is 29.3 Å². The molecular formula is C12H11ClN3O2+. The number of imide groups is 1. The van der Waals surface area contributed by atoms with Crippen LogP contribution in [0.5, 0.6) is 0 Å². The number of anilines is 1. The summed E-state index contributed by atoms with van der Waals surface area (Å²) < 4.78 is 0. The van der Waals surface area contributed by atoms with Gasteiger partial charge in [-0.15, -0.1) is 0 Å². The first-order valence-electron chi connectivity index (χ1n) is 5.46. The molecule has 0 aliphatic carbocycles. The molecule has 0 spiro atoms. The van der Waals surface area contributed by atoms with E-state index in [1.54, 1.807) is 29.6 Å². The number of hydrogen-bond acceptors (Lipinski definition) is 3. The molecule has 2 amide bonds. The average molecular weight is 265 g/mol. The minimum atomic E-state index is -0.493. The molecule has 1 aromatic rings. The molecule has 0 saturated carbocycles. The van der Waals surface area contributed by atoms with Crippen LogP contribution in [-0.2, 0) is 9.59 Å². The largest absolute Gasteiger partial charge is 0.324 e. The van der Waals surface area contributed by atoms with Crippen molar-refractivity contribution in [2.75, 3.05) is 11.4 Å². The van der Waals surface area contributed by atoms with Crippen molar-refractivity contribution in [2.24, 2.45) is 0 Å². The van der Waals surface area contributed by atoms with Crippen molar-refractivity contribution in [1.29, 1.82) is 5.26 Å². The maximum atomic E-state index is 12.0. The van der Waals surface area contributed by atoms with Gasteiger partial charge in [-0.2, -0.15) is 5.26 Å². The fourth-order valence-electron chi connectivity index (χ4n) is 1.90. The lowest BCUT2D eigenvalue weighted by Gasteiger charge is -2.13. The molecule has 6 heteroatoms. The highest BCUT2D eigenvalue weighted by molar-refractivity contribution is 6.30. The van der Waals surface area contributed by atoms with Crippen molar-refractivity contribution in [2.45, 2.75) is 12.5 Å². The van der Waals surface area contributed by atoms with Gasteiger partial charge < -0.3 is 5.32 Å². The zero-order valence-corrected chi connectivity index (χ0v) is 10.2. The Labute approximate surface area is 109 Å². The van der Waals surface area contributed by atoms with Crippen LogP contribution in [0.25, 0.3) is 0 Å². The quantitative estimate of drug-likeness (QED) is 0.619. The molecule has 1 atom stereocenters. The van der Waals surface area contributed by atoms with Gasteiger partial charge in [-0.3, -0.25) is 9.59 Å². The van der Waals surface area contributed by atoms with Crippen LogP contribution >= 0.6 is 11.6 Å². The molecule has 92 valence electrons. The number of benzene rings is 1.